The van der Waals surface area contributed by atoms with Gasteiger partial charge in [0.25, 0.3) is 0 Å². The highest BCUT2D eigenvalue weighted by Crippen LogP contribution is 2.45. The zero-order chi connectivity index (χ0) is 10.5. The molecule has 1 heteroatoms. The largest absolute Gasteiger partial charge is 0.313 e. The molecule has 15 heavy (non-hydrogen) atoms. The Hall–Kier alpha value is -0.820. The van der Waals surface area contributed by atoms with Crippen molar-refractivity contribution < 1.29 is 0 Å². The molecule has 2 aliphatic rings. The Balaban J connectivity index is 2.17. The molecular weight excluding hydrogens is 182 g/mol. The van der Waals surface area contributed by atoms with Gasteiger partial charge >= 0.3 is 0 Å². The SMILES string of the molecule is CC1(C)c2ccccc2C2CCNC1C2. The maximum absolute atomic E-state index is 3.68. The van der Waals surface area contributed by atoms with Gasteiger partial charge in [-0.25, -0.2) is 0 Å². The second-order valence-electron chi connectivity index (χ2n) is 5.54. The van der Waals surface area contributed by atoms with Gasteiger partial charge in [-0.15, -0.1) is 0 Å². The van der Waals surface area contributed by atoms with Crippen LogP contribution in [0.3, 0.4) is 0 Å². The molecule has 1 aliphatic heterocycles. The van der Waals surface area contributed by atoms with Crippen LogP contribution >= 0.6 is 0 Å². The van der Waals surface area contributed by atoms with Crippen LogP contribution in [0.5, 0.6) is 0 Å². The Morgan fingerprint density at radius 3 is 2.93 bits per heavy atom. The first kappa shape index (κ1) is 9.41. The molecule has 2 unspecified atom stereocenters. The van der Waals surface area contributed by atoms with Crippen molar-refractivity contribution in [2.24, 2.45) is 0 Å². The summed E-state index contributed by atoms with van der Waals surface area (Å²) in [6, 6.07) is 9.70. The zero-order valence-electron chi connectivity index (χ0n) is 9.59. The molecule has 1 aromatic carbocycles. The molecule has 0 saturated carbocycles. The molecule has 1 heterocycles. The fraction of sp³-hybridized carbons (Fsp3) is 0.571. The molecule has 80 valence electrons. The molecule has 1 aromatic rings. The molecule has 1 N–H and O–H groups in total. The lowest BCUT2D eigenvalue weighted by Gasteiger charge is -2.47. The monoisotopic (exact) mass is 201 g/mol. The van der Waals surface area contributed by atoms with E-state index in [0.29, 0.717) is 11.5 Å². The lowest BCUT2D eigenvalue weighted by atomic mass is 9.63. The van der Waals surface area contributed by atoms with E-state index in [1.54, 1.807) is 11.1 Å². The van der Waals surface area contributed by atoms with Gasteiger partial charge in [-0.3, -0.25) is 0 Å². The molecule has 3 rings (SSSR count). The quantitative estimate of drug-likeness (QED) is 0.680. The number of hydrogen-bond donors (Lipinski definition) is 1. The van der Waals surface area contributed by atoms with E-state index in [2.05, 4.69) is 43.4 Å². The average Bonchev–Trinajstić information content (AvgIpc) is 2.28. The van der Waals surface area contributed by atoms with Gasteiger partial charge in [0.1, 0.15) is 0 Å². The molecule has 1 nitrogen and oxygen atoms in total. The van der Waals surface area contributed by atoms with Crippen LogP contribution in [0.2, 0.25) is 0 Å². The number of fused-ring (bicyclic) bond motifs is 4. The third-order valence-corrected chi connectivity index (χ3v) is 4.37. The highest BCUT2D eigenvalue weighted by Gasteiger charge is 2.41. The van der Waals surface area contributed by atoms with Crippen molar-refractivity contribution in [1.29, 1.82) is 0 Å². The minimum Gasteiger partial charge on any atom is -0.313 e. The Morgan fingerprint density at radius 2 is 2.07 bits per heavy atom. The molecular formula is C14H19N. The second kappa shape index (κ2) is 3.08. The van der Waals surface area contributed by atoms with Gasteiger partial charge in [0, 0.05) is 11.5 Å². The van der Waals surface area contributed by atoms with Crippen molar-refractivity contribution in [3.63, 3.8) is 0 Å². The number of nitrogens with one attached hydrogen (secondary N) is 1. The molecule has 0 aromatic heterocycles. The average molecular weight is 201 g/mol. The molecule has 0 spiro atoms. The summed E-state index contributed by atoms with van der Waals surface area (Å²) in [5.74, 6) is 0.806. The second-order valence-corrected chi connectivity index (χ2v) is 5.54. The van der Waals surface area contributed by atoms with Gasteiger partial charge in [0.2, 0.25) is 0 Å². The van der Waals surface area contributed by atoms with Gasteiger partial charge < -0.3 is 5.32 Å². The lowest BCUT2D eigenvalue weighted by Crippen LogP contribution is -2.52. The van der Waals surface area contributed by atoms with Crippen molar-refractivity contribution in [3.05, 3.63) is 35.4 Å². The highest BCUT2D eigenvalue weighted by atomic mass is 14.9. The maximum atomic E-state index is 3.68. The van der Waals surface area contributed by atoms with Crippen molar-refractivity contribution >= 4 is 0 Å². The van der Waals surface area contributed by atoms with Gasteiger partial charge in [-0.05, 0) is 36.4 Å². The van der Waals surface area contributed by atoms with Crippen molar-refractivity contribution in [2.75, 3.05) is 6.54 Å². The summed E-state index contributed by atoms with van der Waals surface area (Å²) in [5.41, 5.74) is 3.48. The Bertz CT molecular complexity index is 381. The number of benzene rings is 1. The molecule has 1 saturated heterocycles. The fourth-order valence-corrected chi connectivity index (χ4v) is 3.38. The standard InChI is InChI=1S/C14H19N/c1-14(2)12-6-4-3-5-11(12)10-7-8-15-13(14)9-10/h3-6,10,13,15H,7-9H2,1-2H3. The predicted octanol–water partition coefficient (Wildman–Crippen LogP) is 2.81. The molecule has 0 amide bonds. The van der Waals surface area contributed by atoms with E-state index in [4.69, 9.17) is 0 Å². The maximum Gasteiger partial charge on any atom is 0.0165 e. The van der Waals surface area contributed by atoms with Crippen LogP contribution in [0.25, 0.3) is 0 Å². The summed E-state index contributed by atoms with van der Waals surface area (Å²) in [6.07, 6.45) is 2.63. The zero-order valence-corrected chi connectivity index (χ0v) is 9.59. The summed E-state index contributed by atoms with van der Waals surface area (Å²) in [5, 5.41) is 3.68. The summed E-state index contributed by atoms with van der Waals surface area (Å²) in [6.45, 7) is 5.95. The topological polar surface area (TPSA) is 12.0 Å². The van der Waals surface area contributed by atoms with E-state index in [1.165, 1.54) is 19.4 Å². The van der Waals surface area contributed by atoms with Crippen LogP contribution in [0.15, 0.2) is 24.3 Å². The van der Waals surface area contributed by atoms with Crippen LogP contribution in [-0.2, 0) is 5.41 Å². The van der Waals surface area contributed by atoms with E-state index in [9.17, 15) is 0 Å². The molecule has 1 aliphatic carbocycles. The lowest BCUT2D eigenvalue weighted by molar-refractivity contribution is 0.236. The van der Waals surface area contributed by atoms with E-state index in [-0.39, 0.29) is 0 Å². The Kier molecular flexibility index (Phi) is 1.93. The molecule has 1 fully saturated rings. The first-order valence-electron chi connectivity index (χ1n) is 6.02. The minimum absolute atomic E-state index is 0.299. The summed E-state index contributed by atoms with van der Waals surface area (Å²) in [4.78, 5) is 0. The van der Waals surface area contributed by atoms with E-state index in [1.807, 2.05) is 0 Å². The van der Waals surface area contributed by atoms with E-state index in [0.717, 1.165) is 5.92 Å². The Labute approximate surface area is 91.9 Å². The van der Waals surface area contributed by atoms with Gasteiger partial charge in [-0.2, -0.15) is 0 Å². The first-order valence-corrected chi connectivity index (χ1v) is 6.02. The third kappa shape index (κ3) is 1.26. The molecule has 2 bridgehead atoms. The number of hydrogen-bond acceptors (Lipinski definition) is 1. The number of piperidine rings is 1. The highest BCUT2D eigenvalue weighted by molar-refractivity contribution is 5.41. The van der Waals surface area contributed by atoms with Crippen molar-refractivity contribution in [2.45, 2.75) is 44.1 Å². The van der Waals surface area contributed by atoms with Crippen molar-refractivity contribution in [3.8, 4) is 0 Å². The van der Waals surface area contributed by atoms with Crippen LogP contribution in [0, 0.1) is 0 Å². The predicted molar refractivity (Wildman–Crippen MR) is 63.2 cm³/mol. The third-order valence-electron chi connectivity index (χ3n) is 4.37. The summed E-state index contributed by atoms with van der Waals surface area (Å²) < 4.78 is 0. The van der Waals surface area contributed by atoms with E-state index < -0.39 is 0 Å². The fourth-order valence-electron chi connectivity index (χ4n) is 3.38. The van der Waals surface area contributed by atoms with Crippen LogP contribution < -0.4 is 5.32 Å². The van der Waals surface area contributed by atoms with Gasteiger partial charge in [0.05, 0.1) is 0 Å². The van der Waals surface area contributed by atoms with Crippen LogP contribution in [0.1, 0.15) is 43.7 Å². The molecule has 2 atom stereocenters. The molecule has 0 radical (unpaired) electrons. The Morgan fingerprint density at radius 1 is 1.27 bits per heavy atom. The van der Waals surface area contributed by atoms with Crippen molar-refractivity contribution in [1.82, 2.24) is 5.32 Å². The summed E-state index contributed by atoms with van der Waals surface area (Å²) >= 11 is 0. The minimum atomic E-state index is 0.299. The summed E-state index contributed by atoms with van der Waals surface area (Å²) in [7, 11) is 0. The van der Waals surface area contributed by atoms with E-state index >= 15 is 0 Å². The normalized spacial score (nSPS) is 32.1. The number of rotatable bonds is 0. The van der Waals surface area contributed by atoms with Crippen LogP contribution in [-0.4, -0.2) is 12.6 Å². The smallest absolute Gasteiger partial charge is 0.0165 e. The van der Waals surface area contributed by atoms with Crippen LogP contribution in [0.4, 0.5) is 0 Å². The van der Waals surface area contributed by atoms with Gasteiger partial charge in [0.15, 0.2) is 0 Å². The van der Waals surface area contributed by atoms with Gasteiger partial charge in [-0.1, -0.05) is 38.1 Å². The first-order chi connectivity index (χ1) is 7.19.